The molecule has 0 aliphatic heterocycles. The third-order valence-electron chi connectivity index (χ3n) is 6.49. The van der Waals surface area contributed by atoms with Crippen LogP contribution in [0.15, 0.2) is 42.9 Å². The number of methoxy groups -OCH3 is 1. The first kappa shape index (κ1) is 27.5. The number of aromatic nitrogens is 3. The van der Waals surface area contributed by atoms with Gasteiger partial charge in [-0.3, -0.25) is 9.78 Å². The lowest BCUT2D eigenvalue weighted by atomic mass is 9.86. The van der Waals surface area contributed by atoms with Gasteiger partial charge in [0.1, 0.15) is 30.3 Å². The SMILES string of the molecule is CCOC(=O)CC(c1cc(COc2cnc(-c3cc(OC)ccc3F)c(CC(C)(C)C)c2)ncn1)C1CC1. The Hall–Kier alpha value is -3.55. The van der Waals surface area contributed by atoms with Crippen LogP contribution in [-0.2, 0) is 22.6 Å². The third kappa shape index (κ3) is 7.27. The first-order chi connectivity index (χ1) is 18.2. The molecular weight excluding hydrogens is 485 g/mol. The van der Waals surface area contributed by atoms with E-state index in [2.05, 4.69) is 35.7 Å². The van der Waals surface area contributed by atoms with Crippen molar-refractivity contribution in [2.45, 2.75) is 65.9 Å². The molecule has 0 bridgehead atoms. The van der Waals surface area contributed by atoms with Gasteiger partial charge in [-0.15, -0.1) is 0 Å². The highest BCUT2D eigenvalue weighted by Gasteiger charge is 2.35. The molecule has 8 heteroatoms. The van der Waals surface area contributed by atoms with Crippen molar-refractivity contribution < 1.29 is 23.4 Å². The fourth-order valence-corrected chi connectivity index (χ4v) is 4.59. The molecule has 1 atom stereocenters. The molecule has 1 unspecified atom stereocenters. The van der Waals surface area contributed by atoms with Gasteiger partial charge in [0.05, 0.1) is 37.7 Å². The normalized spacial score (nSPS) is 14.2. The molecule has 2 heterocycles. The van der Waals surface area contributed by atoms with Crippen LogP contribution in [0.1, 0.15) is 69.8 Å². The summed E-state index contributed by atoms with van der Waals surface area (Å²) in [5, 5.41) is 0. The largest absolute Gasteiger partial charge is 0.497 e. The topological polar surface area (TPSA) is 83.4 Å². The van der Waals surface area contributed by atoms with E-state index in [9.17, 15) is 9.18 Å². The molecule has 0 N–H and O–H groups in total. The van der Waals surface area contributed by atoms with Crippen molar-refractivity contribution in [2.75, 3.05) is 13.7 Å². The monoisotopic (exact) mass is 521 g/mol. The second-order valence-corrected chi connectivity index (χ2v) is 10.9. The lowest BCUT2D eigenvalue weighted by Crippen LogP contribution is -2.14. The third-order valence-corrected chi connectivity index (χ3v) is 6.49. The van der Waals surface area contributed by atoms with Crippen LogP contribution in [0.5, 0.6) is 11.5 Å². The minimum atomic E-state index is -0.358. The van der Waals surface area contributed by atoms with Gasteiger partial charge in [-0.05, 0) is 73.4 Å². The first-order valence-corrected chi connectivity index (χ1v) is 13.1. The number of benzene rings is 1. The standard InChI is InChI=1S/C30H36FN3O4/c1-6-37-28(35)14-24(19-7-8-19)27-12-21(33-18-34-27)17-38-23-11-20(15-30(2,3)4)29(32-16-23)25-13-22(36-5)9-10-26(25)31/h9-13,16,18-19,24H,6-8,14-15,17H2,1-5H3. The van der Waals surface area contributed by atoms with Crippen LogP contribution in [0.2, 0.25) is 0 Å². The second kappa shape index (κ2) is 11.9. The van der Waals surface area contributed by atoms with Crippen molar-refractivity contribution in [1.82, 2.24) is 15.0 Å². The molecule has 1 fully saturated rings. The molecule has 1 aliphatic rings. The zero-order valence-electron chi connectivity index (χ0n) is 22.8. The van der Waals surface area contributed by atoms with E-state index in [-0.39, 0.29) is 29.7 Å². The van der Waals surface area contributed by atoms with Gasteiger partial charge >= 0.3 is 5.97 Å². The minimum Gasteiger partial charge on any atom is -0.497 e. The van der Waals surface area contributed by atoms with E-state index in [1.165, 1.54) is 12.4 Å². The van der Waals surface area contributed by atoms with E-state index < -0.39 is 0 Å². The van der Waals surface area contributed by atoms with E-state index in [4.69, 9.17) is 14.2 Å². The Balaban J connectivity index is 1.55. The molecule has 1 aliphatic carbocycles. The smallest absolute Gasteiger partial charge is 0.306 e. The fraction of sp³-hybridized carbons (Fsp3) is 0.467. The van der Waals surface area contributed by atoms with Gasteiger partial charge in [-0.25, -0.2) is 14.4 Å². The van der Waals surface area contributed by atoms with E-state index in [1.54, 1.807) is 25.4 Å². The zero-order valence-corrected chi connectivity index (χ0v) is 22.8. The molecule has 0 radical (unpaired) electrons. The van der Waals surface area contributed by atoms with Gasteiger partial charge < -0.3 is 14.2 Å². The Kier molecular flexibility index (Phi) is 8.59. The molecule has 0 spiro atoms. The Bertz CT molecular complexity index is 1270. The summed E-state index contributed by atoms with van der Waals surface area (Å²) in [5.41, 5.74) is 3.34. The summed E-state index contributed by atoms with van der Waals surface area (Å²) in [6.45, 7) is 8.78. The lowest BCUT2D eigenvalue weighted by Gasteiger charge is -2.21. The first-order valence-electron chi connectivity index (χ1n) is 13.1. The highest BCUT2D eigenvalue weighted by atomic mass is 19.1. The van der Waals surface area contributed by atoms with E-state index >= 15 is 0 Å². The summed E-state index contributed by atoms with van der Waals surface area (Å²) < 4.78 is 31.3. The van der Waals surface area contributed by atoms with Crippen molar-refractivity contribution >= 4 is 5.97 Å². The van der Waals surface area contributed by atoms with Gasteiger partial charge in [-0.1, -0.05) is 20.8 Å². The van der Waals surface area contributed by atoms with Gasteiger partial charge in [0.15, 0.2) is 0 Å². The van der Waals surface area contributed by atoms with Crippen LogP contribution < -0.4 is 9.47 Å². The number of esters is 1. The fourth-order valence-electron chi connectivity index (χ4n) is 4.59. The van der Waals surface area contributed by atoms with Crippen LogP contribution in [-0.4, -0.2) is 34.6 Å². The predicted octanol–water partition coefficient (Wildman–Crippen LogP) is 6.30. The summed E-state index contributed by atoms with van der Waals surface area (Å²) in [4.78, 5) is 25.6. The highest BCUT2D eigenvalue weighted by molar-refractivity contribution is 5.70. The van der Waals surface area contributed by atoms with Crippen LogP contribution in [0.4, 0.5) is 4.39 Å². The molecule has 3 aromatic rings. The van der Waals surface area contributed by atoms with E-state index in [0.717, 1.165) is 24.1 Å². The molecule has 1 saturated carbocycles. The lowest BCUT2D eigenvalue weighted by molar-refractivity contribution is -0.143. The average molecular weight is 522 g/mol. The maximum atomic E-state index is 14.8. The number of hydrogen-bond donors (Lipinski definition) is 0. The number of ether oxygens (including phenoxy) is 3. The molecule has 0 amide bonds. The summed E-state index contributed by atoms with van der Waals surface area (Å²) in [7, 11) is 1.56. The molecule has 4 rings (SSSR count). The molecule has 2 aromatic heterocycles. The Morgan fingerprint density at radius 3 is 2.58 bits per heavy atom. The number of halogens is 1. The minimum absolute atomic E-state index is 0.0212. The zero-order chi connectivity index (χ0) is 27.3. The number of pyridine rings is 1. The van der Waals surface area contributed by atoms with Crippen LogP contribution in [0, 0.1) is 17.2 Å². The Morgan fingerprint density at radius 1 is 1.11 bits per heavy atom. The van der Waals surface area contributed by atoms with Crippen LogP contribution in [0.3, 0.4) is 0 Å². The van der Waals surface area contributed by atoms with Gasteiger partial charge in [-0.2, -0.15) is 0 Å². The number of rotatable bonds is 11. The van der Waals surface area contributed by atoms with Crippen molar-refractivity contribution in [3.63, 3.8) is 0 Å². The van der Waals surface area contributed by atoms with Crippen LogP contribution >= 0.6 is 0 Å². The summed E-state index contributed by atoms with van der Waals surface area (Å²) >= 11 is 0. The van der Waals surface area contributed by atoms with Gasteiger partial charge in [0, 0.05) is 17.2 Å². The van der Waals surface area contributed by atoms with Crippen LogP contribution in [0.25, 0.3) is 11.3 Å². The quantitative estimate of drug-likeness (QED) is 0.274. The van der Waals surface area contributed by atoms with Crippen molar-refractivity contribution in [3.8, 4) is 22.8 Å². The van der Waals surface area contributed by atoms with Gasteiger partial charge in [0.25, 0.3) is 0 Å². The van der Waals surface area contributed by atoms with Gasteiger partial charge in [0.2, 0.25) is 0 Å². The number of hydrogen-bond acceptors (Lipinski definition) is 7. The summed E-state index contributed by atoms with van der Waals surface area (Å²) in [6, 6.07) is 8.48. The summed E-state index contributed by atoms with van der Waals surface area (Å²) in [6.07, 6.45) is 6.30. The maximum Gasteiger partial charge on any atom is 0.306 e. The highest BCUT2D eigenvalue weighted by Crippen LogP contribution is 2.44. The second-order valence-electron chi connectivity index (χ2n) is 10.9. The maximum absolute atomic E-state index is 14.8. The van der Waals surface area contributed by atoms with E-state index in [1.807, 2.05) is 19.1 Å². The molecule has 0 saturated heterocycles. The van der Waals surface area contributed by atoms with Crippen molar-refractivity contribution in [3.05, 3.63) is 65.6 Å². The Labute approximate surface area is 223 Å². The Morgan fingerprint density at radius 2 is 1.89 bits per heavy atom. The molecule has 202 valence electrons. The summed E-state index contributed by atoms with van der Waals surface area (Å²) in [5.74, 6) is 1.04. The molecule has 7 nitrogen and oxygen atoms in total. The number of carbonyl (C=O) groups is 1. The molecule has 1 aromatic carbocycles. The number of carbonyl (C=O) groups excluding carboxylic acids is 1. The van der Waals surface area contributed by atoms with Crippen molar-refractivity contribution in [2.24, 2.45) is 11.3 Å². The molecular formula is C30H36FN3O4. The predicted molar refractivity (Wildman–Crippen MR) is 142 cm³/mol. The number of nitrogens with zero attached hydrogens (tertiary/aromatic N) is 3. The molecule has 38 heavy (non-hydrogen) atoms. The van der Waals surface area contributed by atoms with E-state index in [0.29, 0.717) is 53.8 Å². The average Bonchev–Trinajstić information content (AvgIpc) is 3.71. The van der Waals surface area contributed by atoms with Crippen molar-refractivity contribution in [1.29, 1.82) is 0 Å².